The van der Waals surface area contributed by atoms with Gasteiger partial charge in [-0.25, -0.2) is 5.48 Å². The van der Waals surface area contributed by atoms with Crippen molar-refractivity contribution in [2.24, 2.45) is 0 Å². The van der Waals surface area contributed by atoms with E-state index in [9.17, 15) is 19.7 Å². The van der Waals surface area contributed by atoms with Crippen LogP contribution in [0.5, 0.6) is 0 Å². The zero-order valence-corrected chi connectivity index (χ0v) is 12.1. The number of benzene rings is 1. The molecule has 0 aliphatic carbocycles. The van der Waals surface area contributed by atoms with Gasteiger partial charge in [0, 0.05) is 30.7 Å². The Morgan fingerprint density at radius 2 is 1.73 bits per heavy atom. The average molecular weight is 309 g/mol. The molecular weight excluding hydrogens is 290 g/mol. The minimum Gasteiger partial charge on any atom is -0.326 e. The molecule has 0 atom stereocenters. The van der Waals surface area contributed by atoms with E-state index in [4.69, 9.17) is 5.21 Å². The Balaban J connectivity index is 2.22. The number of carbonyl (C=O) groups is 2. The number of hydrogen-bond acceptors (Lipinski definition) is 5. The van der Waals surface area contributed by atoms with E-state index in [1.807, 2.05) is 0 Å². The predicted octanol–water partition coefficient (Wildman–Crippen LogP) is 2.38. The smallest absolute Gasteiger partial charge is 0.271 e. The van der Waals surface area contributed by atoms with Gasteiger partial charge in [0.15, 0.2) is 0 Å². The van der Waals surface area contributed by atoms with E-state index < -0.39 is 10.8 Å². The SMILES string of the molecule is O=C(CCCCCCC(=O)Nc1cccc([N+](=O)[O-])c1)NO. The first-order chi connectivity index (χ1) is 10.5. The van der Waals surface area contributed by atoms with Crippen LogP contribution in [0.3, 0.4) is 0 Å². The highest BCUT2D eigenvalue weighted by Gasteiger charge is 2.08. The van der Waals surface area contributed by atoms with Gasteiger partial charge in [0.1, 0.15) is 0 Å². The molecule has 0 aliphatic rings. The van der Waals surface area contributed by atoms with Crippen molar-refractivity contribution < 1.29 is 19.7 Å². The van der Waals surface area contributed by atoms with Gasteiger partial charge in [-0.05, 0) is 18.9 Å². The summed E-state index contributed by atoms with van der Waals surface area (Å²) in [4.78, 5) is 32.6. The monoisotopic (exact) mass is 309 g/mol. The van der Waals surface area contributed by atoms with Crippen molar-refractivity contribution in [3.05, 3.63) is 34.4 Å². The van der Waals surface area contributed by atoms with Gasteiger partial charge >= 0.3 is 0 Å². The largest absolute Gasteiger partial charge is 0.326 e. The van der Waals surface area contributed by atoms with Crippen LogP contribution in [0.4, 0.5) is 11.4 Å². The highest BCUT2D eigenvalue weighted by atomic mass is 16.6. The third-order valence-electron chi connectivity index (χ3n) is 3.02. The third-order valence-corrected chi connectivity index (χ3v) is 3.02. The molecule has 2 amide bonds. The minimum absolute atomic E-state index is 0.0695. The first-order valence-electron chi connectivity index (χ1n) is 7.00. The number of nitro groups is 1. The number of nitro benzene ring substituents is 1. The van der Waals surface area contributed by atoms with E-state index >= 15 is 0 Å². The zero-order chi connectivity index (χ0) is 16.4. The maximum atomic E-state index is 11.7. The summed E-state index contributed by atoms with van der Waals surface area (Å²) >= 11 is 0. The molecule has 0 radical (unpaired) electrons. The molecule has 1 aromatic rings. The summed E-state index contributed by atoms with van der Waals surface area (Å²) in [5.74, 6) is -0.614. The lowest BCUT2D eigenvalue weighted by molar-refractivity contribution is -0.384. The molecule has 1 rings (SSSR count). The Morgan fingerprint density at radius 3 is 2.32 bits per heavy atom. The summed E-state index contributed by atoms with van der Waals surface area (Å²) in [6, 6.07) is 5.78. The summed E-state index contributed by atoms with van der Waals surface area (Å²) in [6.07, 6.45) is 3.48. The lowest BCUT2D eigenvalue weighted by Gasteiger charge is -2.05. The van der Waals surface area contributed by atoms with Gasteiger partial charge < -0.3 is 5.32 Å². The molecule has 0 fully saturated rings. The van der Waals surface area contributed by atoms with E-state index in [1.165, 1.54) is 18.2 Å². The Morgan fingerprint density at radius 1 is 1.09 bits per heavy atom. The molecule has 3 N–H and O–H groups in total. The zero-order valence-electron chi connectivity index (χ0n) is 12.1. The molecule has 0 spiro atoms. The second-order valence-electron chi connectivity index (χ2n) is 4.80. The molecule has 0 aliphatic heterocycles. The fourth-order valence-corrected chi connectivity index (χ4v) is 1.90. The van der Waals surface area contributed by atoms with Gasteiger partial charge in [-0.3, -0.25) is 24.9 Å². The number of anilines is 1. The molecule has 0 bridgehead atoms. The minimum atomic E-state index is -0.516. The van der Waals surface area contributed by atoms with Crippen molar-refractivity contribution >= 4 is 23.2 Å². The van der Waals surface area contributed by atoms with Crippen LogP contribution in [0.2, 0.25) is 0 Å². The summed E-state index contributed by atoms with van der Waals surface area (Å²) < 4.78 is 0. The Hall–Kier alpha value is -2.48. The van der Waals surface area contributed by atoms with Crippen molar-refractivity contribution in [3.63, 3.8) is 0 Å². The van der Waals surface area contributed by atoms with Crippen LogP contribution >= 0.6 is 0 Å². The Bertz CT molecular complexity index is 533. The van der Waals surface area contributed by atoms with Crippen LogP contribution in [0.25, 0.3) is 0 Å². The highest BCUT2D eigenvalue weighted by molar-refractivity contribution is 5.90. The van der Waals surface area contributed by atoms with Crippen molar-refractivity contribution in [2.45, 2.75) is 38.5 Å². The summed E-state index contributed by atoms with van der Waals surface area (Å²) in [7, 11) is 0. The third kappa shape index (κ3) is 6.80. The van der Waals surface area contributed by atoms with Gasteiger partial charge in [0.05, 0.1) is 4.92 Å². The first-order valence-corrected chi connectivity index (χ1v) is 7.00. The first kappa shape index (κ1) is 17.6. The molecule has 1 aromatic carbocycles. The number of unbranched alkanes of at least 4 members (excludes halogenated alkanes) is 3. The number of hydroxylamine groups is 1. The number of amides is 2. The molecular formula is C14H19N3O5. The van der Waals surface area contributed by atoms with Crippen molar-refractivity contribution in [1.82, 2.24) is 5.48 Å². The van der Waals surface area contributed by atoms with Crippen LogP contribution in [0, 0.1) is 10.1 Å². The number of rotatable bonds is 9. The maximum absolute atomic E-state index is 11.7. The standard InChI is InChI=1S/C14H19N3O5/c18-13(8-3-1-2-4-9-14(19)16-20)15-11-6-5-7-12(10-11)17(21)22/h5-7,10,20H,1-4,8-9H2,(H,15,18)(H,16,19). The summed E-state index contributed by atoms with van der Waals surface area (Å²) in [5.41, 5.74) is 1.90. The number of carbonyl (C=O) groups excluding carboxylic acids is 2. The quantitative estimate of drug-likeness (QED) is 0.280. The van der Waals surface area contributed by atoms with Gasteiger partial charge in [0.2, 0.25) is 11.8 Å². The lowest BCUT2D eigenvalue weighted by Crippen LogP contribution is -2.17. The summed E-state index contributed by atoms with van der Waals surface area (Å²) in [6.45, 7) is 0. The normalized spacial score (nSPS) is 10.0. The van der Waals surface area contributed by atoms with Crippen LogP contribution in [-0.4, -0.2) is 21.9 Å². The molecule has 0 heterocycles. The van der Waals surface area contributed by atoms with E-state index in [0.717, 1.165) is 12.8 Å². The van der Waals surface area contributed by atoms with Crippen molar-refractivity contribution in [1.29, 1.82) is 0 Å². The molecule has 120 valence electrons. The molecule has 22 heavy (non-hydrogen) atoms. The molecule has 0 saturated heterocycles. The second-order valence-corrected chi connectivity index (χ2v) is 4.80. The van der Waals surface area contributed by atoms with E-state index in [-0.39, 0.29) is 18.0 Å². The Labute approximate surface area is 127 Å². The second kappa shape index (κ2) is 9.46. The average Bonchev–Trinajstić information content (AvgIpc) is 2.50. The van der Waals surface area contributed by atoms with E-state index in [2.05, 4.69) is 5.32 Å². The van der Waals surface area contributed by atoms with Gasteiger partial charge in [-0.2, -0.15) is 0 Å². The van der Waals surface area contributed by atoms with Gasteiger partial charge in [-0.15, -0.1) is 0 Å². The number of nitrogens with one attached hydrogen (secondary N) is 2. The Kier molecular flexibility index (Phi) is 7.55. The fraction of sp³-hybridized carbons (Fsp3) is 0.429. The van der Waals surface area contributed by atoms with Crippen LogP contribution in [0.15, 0.2) is 24.3 Å². The highest BCUT2D eigenvalue weighted by Crippen LogP contribution is 2.17. The van der Waals surface area contributed by atoms with Crippen LogP contribution < -0.4 is 10.8 Å². The van der Waals surface area contributed by atoms with Crippen LogP contribution in [0.1, 0.15) is 38.5 Å². The summed E-state index contributed by atoms with van der Waals surface area (Å²) in [5, 5.41) is 21.6. The fourth-order valence-electron chi connectivity index (χ4n) is 1.90. The van der Waals surface area contributed by atoms with Crippen molar-refractivity contribution in [3.8, 4) is 0 Å². The molecule has 0 aromatic heterocycles. The number of hydrogen-bond donors (Lipinski definition) is 3. The van der Waals surface area contributed by atoms with E-state index in [1.54, 1.807) is 11.5 Å². The van der Waals surface area contributed by atoms with Crippen molar-refractivity contribution in [2.75, 3.05) is 5.32 Å². The number of non-ortho nitro benzene ring substituents is 1. The molecule has 0 unspecified atom stereocenters. The molecule has 8 heteroatoms. The molecule has 0 saturated carbocycles. The van der Waals surface area contributed by atoms with E-state index in [0.29, 0.717) is 24.9 Å². The molecule has 8 nitrogen and oxygen atoms in total. The predicted molar refractivity (Wildman–Crippen MR) is 79.4 cm³/mol. The van der Waals surface area contributed by atoms with Crippen LogP contribution in [-0.2, 0) is 9.59 Å². The van der Waals surface area contributed by atoms with Gasteiger partial charge in [0.25, 0.3) is 5.69 Å². The topological polar surface area (TPSA) is 122 Å². The lowest BCUT2D eigenvalue weighted by atomic mass is 10.1. The number of nitrogens with zero attached hydrogens (tertiary/aromatic N) is 1. The van der Waals surface area contributed by atoms with Gasteiger partial charge in [-0.1, -0.05) is 18.9 Å². The maximum Gasteiger partial charge on any atom is 0.271 e.